The predicted molar refractivity (Wildman–Crippen MR) is 483 cm³/mol. The lowest BCUT2D eigenvalue weighted by Gasteiger charge is -2.25. The van der Waals surface area contributed by atoms with Gasteiger partial charge in [0, 0.05) is 116 Å². The van der Waals surface area contributed by atoms with Gasteiger partial charge in [-0.05, 0) is 230 Å². The number of amides is 8. The quantitative estimate of drug-likeness (QED) is 0.0106. The van der Waals surface area contributed by atoms with Crippen LogP contribution in [0.25, 0.3) is 0 Å². The summed E-state index contributed by atoms with van der Waals surface area (Å²) in [6.45, 7) is 28.0. The van der Waals surface area contributed by atoms with Gasteiger partial charge in [-0.2, -0.15) is 0 Å². The molecule has 1 aliphatic rings. The highest BCUT2D eigenvalue weighted by atomic mass is 16.6. The molecule has 0 aliphatic heterocycles. The maximum Gasteiger partial charge on any atom is 0.338 e. The Hall–Kier alpha value is -14.2. The molecule has 0 radical (unpaired) electrons. The number of carboxylic acid groups (broad SMARTS) is 4. The number of urea groups is 4. The van der Waals surface area contributed by atoms with Gasteiger partial charge >= 0.3 is 71.9 Å². The maximum atomic E-state index is 14.9. The van der Waals surface area contributed by atoms with Crippen molar-refractivity contribution in [3.63, 3.8) is 0 Å². The van der Waals surface area contributed by atoms with Crippen molar-refractivity contribution in [2.75, 3.05) is 69.0 Å². The monoisotopic (exact) mass is 1760 g/mol. The number of hydrogen-bond donors (Lipinski definition) is 12. The molecule has 12 N–H and O–H groups in total. The van der Waals surface area contributed by atoms with Gasteiger partial charge in [0.15, 0.2) is 0 Å². The lowest BCUT2D eigenvalue weighted by atomic mass is 9.90. The largest absolute Gasteiger partial charge is 0.493 e. The molecule has 8 amide bonds. The van der Waals surface area contributed by atoms with Gasteiger partial charge < -0.3 is 101 Å². The molecule has 0 saturated heterocycles. The van der Waals surface area contributed by atoms with Crippen LogP contribution < -0.4 is 61.5 Å². The molecule has 1 aliphatic carbocycles. The molecule has 0 fully saturated rings. The summed E-state index contributed by atoms with van der Waals surface area (Å²) >= 11 is 0. The number of unbranched alkanes of at least 4 members (excludes halogenated alkanes) is 4. The van der Waals surface area contributed by atoms with Gasteiger partial charge in [-0.3, -0.25) is 0 Å². The number of rotatable bonds is 32. The molecule has 0 spiro atoms. The van der Waals surface area contributed by atoms with Gasteiger partial charge in [-0.1, -0.05) is 53.4 Å². The van der Waals surface area contributed by atoms with Crippen molar-refractivity contribution in [3.8, 4) is 23.0 Å². The highest BCUT2D eigenvalue weighted by Gasteiger charge is 2.31. The number of esters is 4. The van der Waals surface area contributed by atoms with Gasteiger partial charge in [0.1, 0.15) is 45.4 Å². The fourth-order valence-corrected chi connectivity index (χ4v) is 13.5. The number of ether oxygens (including phenoxy) is 8. The summed E-state index contributed by atoms with van der Waals surface area (Å²) in [6, 6.07) is 23.7. The second-order valence-corrected chi connectivity index (χ2v) is 34.8. The van der Waals surface area contributed by atoms with Crippen molar-refractivity contribution in [2.45, 2.75) is 210 Å². The van der Waals surface area contributed by atoms with Crippen molar-refractivity contribution in [1.82, 2.24) is 0 Å². The Labute approximate surface area is 742 Å². The van der Waals surface area contributed by atoms with E-state index >= 15 is 0 Å². The SMILES string of the molecule is CCCCOc1c2cc(NC(=O)Nc3cc(C(=O)O)cc(C(=O)OC(C)(C)C)c3)cc1Cc1cc(NC(=O)Nc3cc(C(=O)O)cc(C(=O)OC(C)(C)C)c3)cc(c1OCCCC)Cc1cc(NC(=O)Nc3cc(C(=O)O)cc(C(=O)OC(C)(C)C)c3)cc(c1OCCCC)Cc1cc(NC(=O)Nc3cc(C(=O)O)cc(C(=O)OC(C)(C)C)c3)cc(c1OCCCC)C2. The van der Waals surface area contributed by atoms with Gasteiger partial charge in [0.05, 0.1) is 70.9 Å². The Bertz CT molecular complexity index is 4800. The standard InChI is InChI=1S/C96H112N8O24/c1-17-21-25-121-77-53-29-55-39-70(98-90(118)102-74-46-62(82(107)108)34-66(50-74)86(114)126-94(8,9)10)41-57(78(55)122-26-22-18-2)31-59-43-72(100-92(120)104-76-48-64(84(111)112)36-68(52-76)88(116)128-96(14,15)16)44-60(80(59)124-28-24-20-4)32-58-42-71(99-91(119)103-75-47-63(83(109)110)35-67(51-75)87(115)127-95(11,12)13)40-56(79(58)123-27-23-19-3)30-54(77)38-69(37-53)97-89(117)101-73-45-61(81(105)106)33-65(49-73)85(113)125-93(5,6)7/h33-52H,17-32H2,1-16H3,(H,105,106)(H,107,108)(H,109,110)(H,111,112)(H2,97,101,117)(H2,98,102,118)(H2,99,103,119)(H2,100,104,120). The molecule has 8 aromatic carbocycles. The summed E-state index contributed by atoms with van der Waals surface area (Å²) in [5.74, 6) is -8.05. The van der Waals surface area contributed by atoms with E-state index in [1.807, 2.05) is 27.7 Å². The van der Waals surface area contributed by atoms with E-state index in [2.05, 4.69) is 42.5 Å². The number of benzene rings is 8. The molecule has 32 nitrogen and oxygen atoms in total. The van der Waals surface area contributed by atoms with Crippen LogP contribution in [0.1, 0.15) is 290 Å². The molecule has 0 aromatic heterocycles. The van der Waals surface area contributed by atoms with Crippen LogP contribution in [0.3, 0.4) is 0 Å². The summed E-state index contributed by atoms with van der Waals surface area (Å²) in [4.78, 5) is 165. The average molecular weight is 1760 g/mol. The van der Waals surface area contributed by atoms with Crippen LogP contribution in [0, 0.1) is 0 Å². The number of carboxylic acids is 4. The van der Waals surface area contributed by atoms with Gasteiger partial charge in [0.2, 0.25) is 0 Å². The third kappa shape index (κ3) is 28.9. The van der Waals surface area contributed by atoms with E-state index in [1.165, 1.54) is 24.3 Å². The molecule has 128 heavy (non-hydrogen) atoms. The first-order chi connectivity index (χ1) is 60.2. The minimum Gasteiger partial charge on any atom is -0.493 e. The Kier molecular flexibility index (Phi) is 32.5. The second-order valence-electron chi connectivity index (χ2n) is 34.8. The van der Waals surface area contributed by atoms with Crippen LogP contribution in [-0.2, 0) is 44.6 Å². The average Bonchev–Trinajstić information content (AvgIpc) is 0.767. The number of hydrogen-bond acceptors (Lipinski definition) is 20. The van der Waals surface area contributed by atoms with Gasteiger partial charge in [-0.25, -0.2) is 57.5 Å². The Balaban J connectivity index is 1.36. The van der Waals surface area contributed by atoms with Gasteiger partial charge in [-0.15, -0.1) is 0 Å². The lowest BCUT2D eigenvalue weighted by Crippen LogP contribution is -2.24. The maximum absolute atomic E-state index is 14.9. The molecule has 0 atom stereocenters. The highest BCUT2D eigenvalue weighted by molar-refractivity contribution is 6.07. The zero-order valence-electron chi connectivity index (χ0n) is 74.8. The summed E-state index contributed by atoms with van der Waals surface area (Å²) in [6.07, 6.45) is 4.00. The topological polar surface area (TPSA) is 456 Å². The van der Waals surface area contributed by atoms with Crippen molar-refractivity contribution in [2.24, 2.45) is 0 Å². The smallest absolute Gasteiger partial charge is 0.338 e. The summed E-state index contributed by atoms with van der Waals surface area (Å²) in [7, 11) is 0. The number of anilines is 8. The van der Waals surface area contributed by atoms with Crippen molar-refractivity contribution < 1.29 is 116 Å². The summed E-state index contributed by atoms with van der Waals surface area (Å²) < 4.78 is 50.5. The van der Waals surface area contributed by atoms with Gasteiger partial charge in [0.25, 0.3) is 0 Å². The van der Waals surface area contributed by atoms with E-state index in [9.17, 15) is 78.0 Å². The predicted octanol–water partition coefficient (Wildman–Crippen LogP) is 20.3. The lowest BCUT2D eigenvalue weighted by molar-refractivity contribution is 0.00569. The third-order valence-corrected chi connectivity index (χ3v) is 18.8. The molecule has 8 aromatic rings. The Morgan fingerprint density at radius 3 is 0.531 bits per heavy atom. The normalized spacial score (nSPS) is 11.9. The van der Waals surface area contributed by atoms with Crippen LogP contribution in [0.15, 0.2) is 121 Å². The van der Waals surface area contributed by atoms with Crippen molar-refractivity contribution in [1.29, 1.82) is 0 Å². The first-order valence-corrected chi connectivity index (χ1v) is 42.2. The minimum atomic E-state index is -1.42. The Morgan fingerprint density at radius 2 is 0.391 bits per heavy atom. The first kappa shape index (κ1) is 97.6. The molecular weight excluding hydrogens is 1650 g/mol. The van der Waals surface area contributed by atoms with E-state index in [1.54, 1.807) is 132 Å². The van der Waals surface area contributed by atoms with Crippen molar-refractivity contribution in [3.05, 3.63) is 210 Å². The molecule has 0 unspecified atom stereocenters. The second kappa shape index (κ2) is 42.7. The molecular formula is C96H112N8O24. The van der Waals surface area contributed by atoms with E-state index in [0.717, 1.165) is 48.5 Å². The number of nitrogens with one attached hydrogen (secondary N) is 8. The summed E-state index contributed by atoms with van der Waals surface area (Å²) in [5.41, 5.74) is -3.18. The zero-order valence-corrected chi connectivity index (χ0v) is 74.8. The zero-order chi connectivity index (χ0) is 93.9. The minimum absolute atomic E-state index is 0.109. The van der Waals surface area contributed by atoms with E-state index in [0.29, 0.717) is 95.9 Å². The molecule has 0 saturated carbocycles. The molecule has 8 bridgehead atoms. The van der Waals surface area contributed by atoms with Crippen LogP contribution in [-0.4, -0.2) is 141 Å². The van der Waals surface area contributed by atoms with E-state index < -0.39 is 94.3 Å². The fraction of sp³-hybridized carbons (Fsp3) is 0.375. The number of aromatic carboxylic acids is 4. The molecule has 9 rings (SSSR count). The third-order valence-electron chi connectivity index (χ3n) is 18.8. The van der Waals surface area contributed by atoms with Crippen LogP contribution in [0.5, 0.6) is 23.0 Å². The van der Waals surface area contributed by atoms with E-state index in [-0.39, 0.29) is 165 Å². The summed E-state index contributed by atoms with van der Waals surface area (Å²) in [5, 5.41) is 63.8. The first-order valence-electron chi connectivity index (χ1n) is 42.2. The van der Waals surface area contributed by atoms with Crippen LogP contribution in [0.2, 0.25) is 0 Å². The molecule has 32 heteroatoms. The Morgan fingerprint density at radius 1 is 0.242 bits per heavy atom. The molecule has 680 valence electrons. The number of carbonyl (C=O) groups excluding carboxylic acids is 8. The van der Waals surface area contributed by atoms with Crippen LogP contribution in [0.4, 0.5) is 64.7 Å². The number of carbonyl (C=O) groups is 12. The highest BCUT2D eigenvalue weighted by Crippen LogP contribution is 2.44. The van der Waals surface area contributed by atoms with Crippen LogP contribution >= 0.6 is 0 Å². The van der Waals surface area contributed by atoms with E-state index in [4.69, 9.17) is 37.9 Å². The fourth-order valence-electron chi connectivity index (χ4n) is 13.5. The molecule has 0 heterocycles. The number of fused-ring (bicyclic) bond motifs is 8. The van der Waals surface area contributed by atoms with Crippen molar-refractivity contribution >= 4 is 117 Å².